The van der Waals surface area contributed by atoms with Gasteiger partial charge in [-0.05, 0) is 42.3 Å². The molecule has 5 heteroatoms. The Morgan fingerprint density at radius 1 is 1.30 bits per heavy atom. The smallest absolute Gasteiger partial charge is 0.248 e. The van der Waals surface area contributed by atoms with Crippen LogP contribution in [-0.2, 0) is 6.54 Å². The van der Waals surface area contributed by atoms with Crippen LogP contribution in [0.4, 0.5) is 5.69 Å². The second kappa shape index (κ2) is 6.29. The predicted molar refractivity (Wildman–Crippen MR) is 86.2 cm³/mol. The molecule has 0 heterocycles. The number of nitrogens with two attached hydrogens (primary N) is 1. The van der Waals surface area contributed by atoms with Gasteiger partial charge in [0.2, 0.25) is 5.91 Å². The SMILES string of the molecule is Cc1ccc(CNc2cc(C(N)=O)ccc2Cl)c(Br)c1. The molecule has 2 aromatic rings. The van der Waals surface area contributed by atoms with Crippen LogP contribution in [0.5, 0.6) is 0 Å². The second-order valence-electron chi connectivity index (χ2n) is 4.51. The van der Waals surface area contributed by atoms with Crippen molar-refractivity contribution in [2.24, 2.45) is 5.73 Å². The van der Waals surface area contributed by atoms with Crippen LogP contribution in [0, 0.1) is 6.92 Å². The summed E-state index contributed by atoms with van der Waals surface area (Å²) in [5, 5.41) is 3.77. The average molecular weight is 354 g/mol. The third kappa shape index (κ3) is 3.52. The van der Waals surface area contributed by atoms with Gasteiger partial charge < -0.3 is 11.1 Å². The Morgan fingerprint density at radius 3 is 2.70 bits per heavy atom. The van der Waals surface area contributed by atoms with Gasteiger partial charge in [0.1, 0.15) is 0 Å². The molecule has 0 unspecified atom stereocenters. The first-order chi connectivity index (χ1) is 9.47. The molecule has 0 saturated heterocycles. The fourth-order valence-corrected chi connectivity index (χ4v) is 2.62. The summed E-state index contributed by atoms with van der Waals surface area (Å²) >= 11 is 9.64. The van der Waals surface area contributed by atoms with Gasteiger partial charge in [0.15, 0.2) is 0 Å². The molecular weight excluding hydrogens is 340 g/mol. The number of anilines is 1. The third-order valence-corrected chi connectivity index (χ3v) is 4.00. The summed E-state index contributed by atoms with van der Waals surface area (Å²) in [4.78, 5) is 11.2. The van der Waals surface area contributed by atoms with Crippen molar-refractivity contribution in [1.82, 2.24) is 0 Å². The van der Waals surface area contributed by atoms with Crippen LogP contribution in [0.3, 0.4) is 0 Å². The van der Waals surface area contributed by atoms with Crippen LogP contribution in [-0.4, -0.2) is 5.91 Å². The number of amides is 1. The van der Waals surface area contributed by atoms with Crippen LogP contribution in [0.1, 0.15) is 21.5 Å². The Kier molecular flexibility index (Phi) is 4.68. The van der Waals surface area contributed by atoms with Crippen molar-refractivity contribution >= 4 is 39.1 Å². The Balaban J connectivity index is 2.18. The van der Waals surface area contributed by atoms with Gasteiger partial charge in [0, 0.05) is 16.6 Å². The molecule has 20 heavy (non-hydrogen) atoms. The molecule has 0 aromatic heterocycles. The Hall–Kier alpha value is -1.52. The van der Waals surface area contributed by atoms with E-state index in [0.717, 1.165) is 10.0 Å². The van der Waals surface area contributed by atoms with Crippen molar-refractivity contribution in [1.29, 1.82) is 0 Å². The lowest BCUT2D eigenvalue weighted by atomic mass is 10.1. The molecule has 104 valence electrons. The number of nitrogens with one attached hydrogen (secondary N) is 1. The first-order valence-electron chi connectivity index (χ1n) is 6.05. The summed E-state index contributed by atoms with van der Waals surface area (Å²) in [5.41, 5.74) is 8.68. The summed E-state index contributed by atoms with van der Waals surface area (Å²) in [6.07, 6.45) is 0. The molecule has 0 aliphatic carbocycles. The van der Waals surface area contributed by atoms with E-state index in [0.29, 0.717) is 22.8 Å². The van der Waals surface area contributed by atoms with Gasteiger partial charge in [0.05, 0.1) is 10.7 Å². The highest BCUT2D eigenvalue weighted by molar-refractivity contribution is 9.10. The lowest BCUT2D eigenvalue weighted by molar-refractivity contribution is 0.100. The Labute approximate surface area is 131 Å². The van der Waals surface area contributed by atoms with Crippen molar-refractivity contribution in [3.05, 3.63) is 62.6 Å². The maximum absolute atomic E-state index is 11.2. The van der Waals surface area contributed by atoms with Crippen molar-refractivity contribution in [3.8, 4) is 0 Å². The molecule has 0 fully saturated rings. The normalized spacial score (nSPS) is 10.3. The molecular formula is C15H14BrClN2O. The number of benzene rings is 2. The van der Waals surface area contributed by atoms with Crippen LogP contribution in [0.2, 0.25) is 5.02 Å². The second-order valence-corrected chi connectivity index (χ2v) is 5.77. The summed E-state index contributed by atoms with van der Waals surface area (Å²) < 4.78 is 1.03. The number of primary amides is 1. The van der Waals surface area contributed by atoms with Gasteiger partial charge in [-0.15, -0.1) is 0 Å². The number of hydrogen-bond donors (Lipinski definition) is 2. The highest BCUT2D eigenvalue weighted by atomic mass is 79.9. The van der Waals surface area contributed by atoms with Gasteiger partial charge in [-0.1, -0.05) is 39.7 Å². The topological polar surface area (TPSA) is 55.1 Å². The van der Waals surface area contributed by atoms with E-state index in [-0.39, 0.29) is 0 Å². The lowest BCUT2D eigenvalue weighted by Crippen LogP contribution is -2.11. The number of rotatable bonds is 4. The third-order valence-electron chi connectivity index (χ3n) is 2.93. The van der Waals surface area contributed by atoms with E-state index in [1.165, 1.54) is 5.56 Å². The maximum atomic E-state index is 11.2. The van der Waals surface area contributed by atoms with Gasteiger partial charge in [-0.25, -0.2) is 0 Å². The fourth-order valence-electron chi connectivity index (χ4n) is 1.80. The molecule has 0 bridgehead atoms. The molecule has 2 rings (SSSR count). The number of aryl methyl sites for hydroxylation is 1. The zero-order chi connectivity index (χ0) is 14.7. The highest BCUT2D eigenvalue weighted by Gasteiger charge is 2.07. The molecule has 3 nitrogen and oxygen atoms in total. The number of carbonyl (C=O) groups is 1. The van der Waals surface area contributed by atoms with Crippen LogP contribution < -0.4 is 11.1 Å². The standard InChI is InChI=1S/C15H14BrClN2O/c1-9-2-3-11(12(16)6-9)8-19-14-7-10(15(18)20)4-5-13(14)17/h2-7,19H,8H2,1H3,(H2,18,20). The van der Waals surface area contributed by atoms with E-state index >= 15 is 0 Å². The summed E-state index contributed by atoms with van der Waals surface area (Å²) in [7, 11) is 0. The Morgan fingerprint density at radius 2 is 2.05 bits per heavy atom. The fraction of sp³-hybridized carbons (Fsp3) is 0.133. The zero-order valence-corrected chi connectivity index (χ0v) is 13.3. The zero-order valence-electron chi connectivity index (χ0n) is 10.9. The number of hydrogen-bond acceptors (Lipinski definition) is 2. The van der Waals surface area contributed by atoms with Crippen molar-refractivity contribution in [2.45, 2.75) is 13.5 Å². The van der Waals surface area contributed by atoms with Gasteiger partial charge >= 0.3 is 0 Å². The molecule has 0 radical (unpaired) electrons. The molecule has 0 atom stereocenters. The monoisotopic (exact) mass is 352 g/mol. The largest absolute Gasteiger partial charge is 0.380 e. The highest BCUT2D eigenvalue weighted by Crippen LogP contribution is 2.25. The molecule has 3 N–H and O–H groups in total. The van der Waals surface area contributed by atoms with Crippen molar-refractivity contribution in [3.63, 3.8) is 0 Å². The average Bonchev–Trinajstić information content (AvgIpc) is 2.39. The lowest BCUT2D eigenvalue weighted by Gasteiger charge is -2.11. The number of halogens is 2. The van der Waals surface area contributed by atoms with E-state index < -0.39 is 5.91 Å². The van der Waals surface area contributed by atoms with Crippen LogP contribution in [0.15, 0.2) is 40.9 Å². The summed E-state index contributed by atoms with van der Waals surface area (Å²) in [5.74, 6) is -0.471. The van der Waals surface area contributed by atoms with Crippen molar-refractivity contribution in [2.75, 3.05) is 5.32 Å². The minimum absolute atomic E-state index is 0.430. The van der Waals surface area contributed by atoms with Gasteiger partial charge in [0.25, 0.3) is 0 Å². The van der Waals surface area contributed by atoms with Crippen LogP contribution in [0.25, 0.3) is 0 Å². The summed E-state index contributed by atoms with van der Waals surface area (Å²) in [6, 6.07) is 11.1. The Bertz CT molecular complexity index is 658. The predicted octanol–water partition coefficient (Wildman–Crippen LogP) is 4.12. The van der Waals surface area contributed by atoms with Crippen molar-refractivity contribution < 1.29 is 4.79 Å². The van der Waals surface area contributed by atoms with E-state index in [1.54, 1.807) is 18.2 Å². The minimum atomic E-state index is -0.471. The van der Waals surface area contributed by atoms with E-state index in [1.807, 2.05) is 19.1 Å². The molecule has 0 aliphatic rings. The first kappa shape index (κ1) is 14.9. The van der Waals surface area contributed by atoms with Gasteiger partial charge in [-0.2, -0.15) is 0 Å². The van der Waals surface area contributed by atoms with E-state index in [9.17, 15) is 4.79 Å². The molecule has 2 aromatic carbocycles. The molecule has 0 spiro atoms. The van der Waals surface area contributed by atoms with E-state index in [2.05, 4.69) is 27.3 Å². The summed E-state index contributed by atoms with van der Waals surface area (Å²) in [6.45, 7) is 2.64. The number of carbonyl (C=O) groups excluding carboxylic acids is 1. The minimum Gasteiger partial charge on any atom is -0.380 e. The quantitative estimate of drug-likeness (QED) is 0.868. The molecule has 0 saturated carbocycles. The van der Waals surface area contributed by atoms with Crippen LogP contribution >= 0.6 is 27.5 Å². The van der Waals surface area contributed by atoms with E-state index in [4.69, 9.17) is 17.3 Å². The molecule has 0 aliphatic heterocycles. The molecule has 1 amide bonds. The first-order valence-corrected chi connectivity index (χ1v) is 7.22. The maximum Gasteiger partial charge on any atom is 0.248 e. The van der Waals surface area contributed by atoms with Gasteiger partial charge in [-0.3, -0.25) is 4.79 Å².